The molecule has 0 amide bonds. The smallest absolute Gasteiger partial charge is 0.191 e. The molecule has 0 atom stereocenters. The lowest BCUT2D eigenvalue weighted by molar-refractivity contribution is 0.195. The van der Waals surface area contributed by atoms with Crippen LogP contribution in [0.3, 0.4) is 0 Å². The van der Waals surface area contributed by atoms with Gasteiger partial charge in [0.15, 0.2) is 11.8 Å². The Morgan fingerprint density at radius 1 is 1.35 bits per heavy atom. The summed E-state index contributed by atoms with van der Waals surface area (Å²) in [6, 6.07) is 0.537. The van der Waals surface area contributed by atoms with Gasteiger partial charge in [-0.05, 0) is 26.2 Å². The molecule has 1 aromatic heterocycles. The monoisotopic (exact) mass is 436 g/mol. The number of aryl methyl sites for hydroxylation is 1. The van der Waals surface area contributed by atoms with E-state index in [4.69, 9.17) is 4.74 Å². The van der Waals surface area contributed by atoms with Crippen molar-refractivity contribution in [3.8, 4) is 0 Å². The molecule has 2 rings (SSSR count). The number of nitrogens with one attached hydrogen (secondary N) is 2. The molecule has 2 N–H and O–H groups in total. The topological polar surface area (TPSA) is 76.4 Å². The van der Waals surface area contributed by atoms with Crippen LogP contribution in [-0.4, -0.2) is 47.0 Å². The zero-order valence-corrected chi connectivity index (χ0v) is 16.7. The fourth-order valence-corrected chi connectivity index (χ4v) is 2.58. The van der Waals surface area contributed by atoms with Gasteiger partial charge in [0.25, 0.3) is 0 Å². The molecule has 132 valence electrons. The minimum atomic E-state index is 0. The third kappa shape index (κ3) is 6.62. The summed E-state index contributed by atoms with van der Waals surface area (Å²) in [5.41, 5.74) is 0. The molecule has 1 aliphatic rings. The van der Waals surface area contributed by atoms with E-state index in [1.807, 2.05) is 18.5 Å². The zero-order valence-electron chi connectivity index (χ0n) is 14.3. The van der Waals surface area contributed by atoms with Crippen LogP contribution >= 0.6 is 24.0 Å². The summed E-state index contributed by atoms with van der Waals surface area (Å²) in [6.45, 7) is 4.08. The maximum Gasteiger partial charge on any atom is 0.191 e. The molecular weight excluding hydrogens is 407 g/mol. The highest BCUT2D eigenvalue weighted by molar-refractivity contribution is 14.0. The molecule has 0 bridgehead atoms. The Labute approximate surface area is 155 Å². The molecule has 8 heteroatoms. The van der Waals surface area contributed by atoms with E-state index >= 15 is 0 Å². The van der Waals surface area contributed by atoms with Crippen molar-refractivity contribution in [3.05, 3.63) is 11.6 Å². The Bertz CT molecular complexity index is 484. The van der Waals surface area contributed by atoms with Gasteiger partial charge < -0.3 is 19.9 Å². The largest absolute Gasteiger partial charge is 0.385 e. The number of halogens is 1. The van der Waals surface area contributed by atoms with Crippen molar-refractivity contribution in [2.75, 3.05) is 20.3 Å². The number of hydrogen-bond acceptors (Lipinski definition) is 4. The van der Waals surface area contributed by atoms with E-state index in [1.165, 1.54) is 25.7 Å². The van der Waals surface area contributed by atoms with Crippen LogP contribution in [0.1, 0.15) is 43.8 Å². The summed E-state index contributed by atoms with van der Waals surface area (Å²) < 4.78 is 7.06. The molecule has 0 aliphatic heterocycles. The normalized spacial score (nSPS) is 15.5. The standard InChI is InChI=1S/C15H28N6O.HI/c1-12-19-20-14(21(12)2)11-17-15(16-9-6-10-22-3)18-13-7-4-5-8-13;/h13H,4-11H2,1-3H3,(H2,16,17,18);1H. The van der Waals surface area contributed by atoms with Crippen molar-refractivity contribution in [3.63, 3.8) is 0 Å². The number of ether oxygens (including phenoxy) is 1. The predicted octanol–water partition coefficient (Wildman–Crippen LogP) is 1.76. The van der Waals surface area contributed by atoms with E-state index in [0.717, 1.165) is 37.2 Å². The molecule has 1 heterocycles. The molecule has 1 saturated carbocycles. The van der Waals surface area contributed by atoms with Crippen molar-refractivity contribution >= 4 is 29.9 Å². The van der Waals surface area contributed by atoms with Crippen LogP contribution in [0, 0.1) is 6.92 Å². The lowest BCUT2D eigenvalue weighted by Crippen LogP contribution is -2.43. The van der Waals surface area contributed by atoms with E-state index < -0.39 is 0 Å². The van der Waals surface area contributed by atoms with Crippen molar-refractivity contribution in [2.45, 2.75) is 51.6 Å². The number of aromatic nitrogens is 3. The van der Waals surface area contributed by atoms with E-state index in [2.05, 4.69) is 25.8 Å². The summed E-state index contributed by atoms with van der Waals surface area (Å²) in [5.74, 6) is 2.65. The van der Waals surface area contributed by atoms with Crippen molar-refractivity contribution < 1.29 is 4.74 Å². The lowest BCUT2D eigenvalue weighted by Gasteiger charge is -2.17. The van der Waals surface area contributed by atoms with Crippen LogP contribution in [0.15, 0.2) is 4.99 Å². The first-order valence-corrected chi connectivity index (χ1v) is 8.09. The zero-order chi connectivity index (χ0) is 15.8. The summed E-state index contributed by atoms with van der Waals surface area (Å²) >= 11 is 0. The molecule has 0 unspecified atom stereocenters. The fourth-order valence-electron chi connectivity index (χ4n) is 2.58. The molecular formula is C15H29IN6O. The number of hydrogen-bond donors (Lipinski definition) is 2. The Balaban J connectivity index is 0.00000264. The van der Waals surface area contributed by atoms with Gasteiger partial charge in [0, 0.05) is 33.4 Å². The minimum absolute atomic E-state index is 0. The van der Waals surface area contributed by atoms with E-state index in [-0.39, 0.29) is 24.0 Å². The first kappa shape index (κ1) is 20.1. The van der Waals surface area contributed by atoms with Gasteiger partial charge in [0.2, 0.25) is 0 Å². The minimum Gasteiger partial charge on any atom is -0.385 e. The van der Waals surface area contributed by atoms with Gasteiger partial charge in [0.1, 0.15) is 12.4 Å². The van der Waals surface area contributed by atoms with Gasteiger partial charge in [-0.25, -0.2) is 4.99 Å². The quantitative estimate of drug-likeness (QED) is 0.295. The third-order valence-corrected chi connectivity index (χ3v) is 4.08. The molecule has 1 fully saturated rings. The first-order chi connectivity index (χ1) is 10.7. The van der Waals surface area contributed by atoms with Gasteiger partial charge in [-0.3, -0.25) is 0 Å². The average Bonchev–Trinajstić information content (AvgIpc) is 3.13. The summed E-state index contributed by atoms with van der Waals surface area (Å²) in [7, 11) is 3.69. The molecule has 1 aliphatic carbocycles. The van der Waals surface area contributed by atoms with E-state index in [9.17, 15) is 0 Å². The Hall–Kier alpha value is -0.900. The second-order valence-electron chi connectivity index (χ2n) is 5.79. The molecule has 0 spiro atoms. The second kappa shape index (κ2) is 10.8. The van der Waals surface area contributed by atoms with E-state index in [0.29, 0.717) is 12.6 Å². The average molecular weight is 436 g/mol. The summed E-state index contributed by atoms with van der Waals surface area (Å²) in [5, 5.41) is 15.1. The highest BCUT2D eigenvalue weighted by atomic mass is 127. The number of nitrogens with zero attached hydrogens (tertiary/aromatic N) is 4. The van der Waals surface area contributed by atoms with Crippen LogP contribution in [0.25, 0.3) is 0 Å². The SMILES string of the molecule is COCCCNC(=NCc1nnc(C)n1C)NC1CCCC1.I. The van der Waals surface area contributed by atoms with Gasteiger partial charge in [-0.15, -0.1) is 34.2 Å². The summed E-state index contributed by atoms with van der Waals surface area (Å²) in [6.07, 6.45) is 6.02. The van der Waals surface area contributed by atoms with Crippen LogP contribution < -0.4 is 10.6 Å². The molecule has 0 saturated heterocycles. The van der Waals surface area contributed by atoms with Gasteiger partial charge in [-0.2, -0.15) is 0 Å². The number of aliphatic imine (C=N–C) groups is 1. The molecule has 1 aromatic rings. The highest BCUT2D eigenvalue weighted by Gasteiger charge is 2.16. The fraction of sp³-hybridized carbons (Fsp3) is 0.800. The summed E-state index contributed by atoms with van der Waals surface area (Å²) in [4.78, 5) is 4.66. The lowest BCUT2D eigenvalue weighted by atomic mass is 10.2. The number of guanidine groups is 1. The molecule has 23 heavy (non-hydrogen) atoms. The highest BCUT2D eigenvalue weighted by Crippen LogP contribution is 2.17. The Kier molecular flexibility index (Phi) is 9.46. The molecule has 0 radical (unpaired) electrons. The van der Waals surface area contributed by atoms with Crippen LogP contribution in [0.2, 0.25) is 0 Å². The van der Waals surface area contributed by atoms with Crippen LogP contribution in [0.4, 0.5) is 0 Å². The van der Waals surface area contributed by atoms with E-state index in [1.54, 1.807) is 7.11 Å². The predicted molar refractivity (Wildman–Crippen MR) is 102 cm³/mol. The van der Waals surface area contributed by atoms with Crippen LogP contribution in [0.5, 0.6) is 0 Å². The van der Waals surface area contributed by atoms with Crippen molar-refractivity contribution in [2.24, 2.45) is 12.0 Å². The number of methoxy groups -OCH3 is 1. The third-order valence-electron chi connectivity index (χ3n) is 4.08. The van der Waals surface area contributed by atoms with Gasteiger partial charge >= 0.3 is 0 Å². The van der Waals surface area contributed by atoms with Gasteiger partial charge in [-0.1, -0.05) is 12.8 Å². The maximum absolute atomic E-state index is 5.08. The van der Waals surface area contributed by atoms with Crippen molar-refractivity contribution in [1.29, 1.82) is 0 Å². The Morgan fingerprint density at radius 3 is 2.70 bits per heavy atom. The first-order valence-electron chi connectivity index (χ1n) is 8.09. The van der Waals surface area contributed by atoms with Crippen molar-refractivity contribution in [1.82, 2.24) is 25.4 Å². The van der Waals surface area contributed by atoms with Gasteiger partial charge in [0.05, 0.1) is 0 Å². The Morgan fingerprint density at radius 2 is 2.09 bits per heavy atom. The maximum atomic E-state index is 5.08. The second-order valence-corrected chi connectivity index (χ2v) is 5.79. The molecule has 0 aromatic carbocycles. The number of rotatable bonds is 7. The molecule has 7 nitrogen and oxygen atoms in total. The van der Waals surface area contributed by atoms with Crippen LogP contribution in [-0.2, 0) is 18.3 Å².